The van der Waals surface area contributed by atoms with Crippen LogP contribution in [-0.4, -0.2) is 39.1 Å². The monoisotopic (exact) mass is 502 g/mol. The highest BCUT2D eigenvalue weighted by atomic mass is 35.5. The predicted molar refractivity (Wildman–Crippen MR) is 128 cm³/mol. The third-order valence-corrected chi connectivity index (χ3v) is 6.68. The lowest BCUT2D eigenvalue weighted by molar-refractivity contribution is -0.384. The van der Waals surface area contributed by atoms with E-state index in [4.69, 9.17) is 16.3 Å². The topological polar surface area (TPSA) is 131 Å². The highest BCUT2D eigenvalue weighted by Crippen LogP contribution is 2.27. The number of hydrogen-bond donors (Lipinski definition) is 1. The van der Waals surface area contributed by atoms with Gasteiger partial charge in [-0.2, -0.15) is 5.10 Å². The number of hydrazone groups is 1. The number of nitro benzene ring substituents is 1. The van der Waals surface area contributed by atoms with E-state index < -0.39 is 27.4 Å². The van der Waals surface area contributed by atoms with Crippen LogP contribution in [0.5, 0.6) is 5.75 Å². The van der Waals surface area contributed by atoms with E-state index in [2.05, 4.69) is 10.5 Å². The van der Waals surface area contributed by atoms with Gasteiger partial charge >= 0.3 is 0 Å². The van der Waals surface area contributed by atoms with Crippen LogP contribution in [0.2, 0.25) is 5.02 Å². The van der Waals surface area contributed by atoms with Crippen molar-refractivity contribution in [3.05, 3.63) is 93.5 Å². The van der Waals surface area contributed by atoms with Gasteiger partial charge in [0.05, 0.1) is 28.8 Å². The summed E-state index contributed by atoms with van der Waals surface area (Å²) in [4.78, 5) is 22.9. The molecule has 3 rings (SSSR count). The molecule has 0 aliphatic carbocycles. The molecule has 1 N–H and O–H groups in total. The molecule has 0 atom stereocenters. The molecule has 3 aromatic carbocycles. The molecule has 0 spiro atoms. The molecule has 0 fully saturated rings. The number of nitrogens with one attached hydrogen (secondary N) is 1. The van der Waals surface area contributed by atoms with Gasteiger partial charge in [-0.1, -0.05) is 35.9 Å². The molecule has 0 unspecified atom stereocenters. The Morgan fingerprint density at radius 2 is 1.88 bits per heavy atom. The minimum atomic E-state index is -4.10. The van der Waals surface area contributed by atoms with Crippen molar-refractivity contribution in [3.63, 3.8) is 0 Å². The highest BCUT2D eigenvalue weighted by molar-refractivity contribution is 7.92. The molecule has 0 bridgehead atoms. The fraction of sp³-hybridized carbons (Fsp3) is 0.0909. The Labute approximate surface area is 200 Å². The molecule has 0 radical (unpaired) electrons. The third kappa shape index (κ3) is 5.88. The summed E-state index contributed by atoms with van der Waals surface area (Å²) >= 11 is 6.01. The lowest BCUT2D eigenvalue weighted by Gasteiger charge is -2.24. The molecule has 12 heteroatoms. The number of ether oxygens (including phenoxy) is 1. The van der Waals surface area contributed by atoms with Crippen LogP contribution >= 0.6 is 11.6 Å². The second-order valence-corrected chi connectivity index (χ2v) is 9.05. The van der Waals surface area contributed by atoms with Gasteiger partial charge in [-0.15, -0.1) is 0 Å². The molecule has 0 saturated heterocycles. The quantitative estimate of drug-likeness (QED) is 0.270. The Morgan fingerprint density at radius 1 is 1.15 bits per heavy atom. The number of sulfonamides is 1. The van der Waals surface area contributed by atoms with Gasteiger partial charge in [0.25, 0.3) is 21.6 Å². The number of nitrogens with zero attached hydrogens (tertiary/aromatic N) is 3. The molecule has 0 aromatic heterocycles. The first-order valence-electron chi connectivity index (χ1n) is 9.70. The summed E-state index contributed by atoms with van der Waals surface area (Å²) in [5.74, 6) is -0.343. The maximum atomic E-state index is 13.3. The molecule has 176 valence electrons. The molecule has 10 nitrogen and oxygen atoms in total. The Hall–Kier alpha value is -3.96. The van der Waals surface area contributed by atoms with Crippen molar-refractivity contribution in [1.82, 2.24) is 5.43 Å². The zero-order valence-corrected chi connectivity index (χ0v) is 19.4. The molecule has 0 aliphatic rings. The van der Waals surface area contributed by atoms with Gasteiger partial charge in [-0.3, -0.25) is 19.2 Å². The minimum absolute atomic E-state index is 0.00232. The van der Waals surface area contributed by atoms with E-state index in [9.17, 15) is 23.3 Å². The van der Waals surface area contributed by atoms with Gasteiger partial charge in [0.2, 0.25) is 0 Å². The summed E-state index contributed by atoms with van der Waals surface area (Å²) in [7, 11) is -2.66. The Morgan fingerprint density at radius 3 is 2.56 bits per heavy atom. The molecule has 0 aliphatic heterocycles. The third-order valence-electron chi connectivity index (χ3n) is 4.54. The minimum Gasteiger partial charge on any atom is -0.497 e. The Balaban J connectivity index is 1.85. The number of non-ortho nitro benzene ring substituents is 1. The summed E-state index contributed by atoms with van der Waals surface area (Å²) < 4.78 is 32.7. The summed E-state index contributed by atoms with van der Waals surface area (Å²) in [6.07, 6.45) is 1.13. The predicted octanol–water partition coefficient (Wildman–Crippen LogP) is 3.60. The maximum absolute atomic E-state index is 13.3. The van der Waals surface area contributed by atoms with Gasteiger partial charge in [-0.05, 0) is 30.3 Å². The lowest BCUT2D eigenvalue weighted by atomic mass is 10.2. The van der Waals surface area contributed by atoms with Gasteiger partial charge in [0, 0.05) is 28.8 Å². The number of nitro groups is 1. The van der Waals surface area contributed by atoms with E-state index in [0.29, 0.717) is 5.75 Å². The van der Waals surface area contributed by atoms with Crippen molar-refractivity contribution >= 4 is 45.1 Å². The normalized spacial score (nSPS) is 11.2. The number of rotatable bonds is 9. The van der Waals surface area contributed by atoms with E-state index in [1.165, 1.54) is 49.6 Å². The molecule has 0 saturated carbocycles. The van der Waals surface area contributed by atoms with Crippen LogP contribution in [0.3, 0.4) is 0 Å². The van der Waals surface area contributed by atoms with Gasteiger partial charge in [0.1, 0.15) is 12.3 Å². The molecule has 0 heterocycles. The standard InChI is InChI=1S/C22H19ClN4O6S/c1-33-19-7-5-6-17(13-19)26(34(31,32)20-8-3-2-4-9-20)15-22(28)25-24-14-16-12-18(27(29)30)10-11-21(16)23/h2-14H,15H2,1H3,(H,25,28)/b24-14-. The van der Waals surface area contributed by atoms with E-state index >= 15 is 0 Å². The van der Waals surface area contributed by atoms with Crippen molar-refractivity contribution < 1.29 is 22.9 Å². The Kier molecular flexibility index (Phi) is 7.82. The lowest BCUT2D eigenvalue weighted by Crippen LogP contribution is -2.39. The van der Waals surface area contributed by atoms with Crippen molar-refractivity contribution in [1.29, 1.82) is 0 Å². The summed E-state index contributed by atoms with van der Waals surface area (Å²) in [6, 6.07) is 17.7. The molecular weight excluding hydrogens is 484 g/mol. The number of halogens is 1. The van der Waals surface area contributed by atoms with Gasteiger partial charge < -0.3 is 4.74 Å². The SMILES string of the molecule is COc1cccc(N(CC(=O)N/N=C\c2cc([N+](=O)[O-])ccc2Cl)S(=O)(=O)c2ccccc2)c1. The fourth-order valence-corrected chi connectivity index (χ4v) is 4.48. The number of amides is 1. The van der Waals surface area contributed by atoms with Gasteiger partial charge in [0.15, 0.2) is 0 Å². The van der Waals surface area contributed by atoms with Crippen molar-refractivity contribution in [2.75, 3.05) is 18.0 Å². The summed E-state index contributed by atoms with van der Waals surface area (Å²) in [5, 5.41) is 14.9. The first kappa shape index (κ1) is 24.7. The largest absolute Gasteiger partial charge is 0.497 e. The van der Waals surface area contributed by atoms with E-state index in [1.807, 2.05) is 0 Å². The molecule has 34 heavy (non-hydrogen) atoms. The number of benzene rings is 3. The first-order chi connectivity index (χ1) is 16.2. The van der Waals surface area contributed by atoms with Crippen LogP contribution in [0, 0.1) is 10.1 Å². The summed E-state index contributed by atoms with van der Waals surface area (Å²) in [6.45, 7) is -0.593. The highest BCUT2D eigenvalue weighted by Gasteiger charge is 2.27. The fourth-order valence-electron chi connectivity index (χ4n) is 2.88. The smallest absolute Gasteiger partial charge is 0.270 e. The van der Waals surface area contributed by atoms with E-state index in [-0.39, 0.29) is 26.9 Å². The molecular formula is C22H19ClN4O6S. The number of carbonyl (C=O) groups is 1. The van der Waals surface area contributed by atoms with Gasteiger partial charge in [-0.25, -0.2) is 13.8 Å². The average Bonchev–Trinajstić information content (AvgIpc) is 2.84. The maximum Gasteiger partial charge on any atom is 0.270 e. The second kappa shape index (κ2) is 10.8. The molecule has 1 amide bonds. The Bertz CT molecular complexity index is 1330. The van der Waals surface area contributed by atoms with Crippen LogP contribution in [0.1, 0.15) is 5.56 Å². The zero-order chi connectivity index (χ0) is 24.7. The summed E-state index contributed by atoms with van der Waals surface area (Å²) in [5.41, 5.74) is 2.44. The van der Waals surface area contributed by atoms with Crippen molar-refractivity contribution in [3.8, 4) is 5.75 Å². The van der Waals surface area contributed by atoms with Crippen LogP contribution in [0.25, 0.3) is 0 Å². The van der Waals surface area contributed by atoms with Crippen LogP contribution < -0.4 is 14.5 Å². The number of carbonyl (C=O) groups excluding carboxylic acids is 1. The van der Waals surface area contributed by atoms with Crippen molar-refractivity contribution in [2.45, 2.75) is 4.90 Å². The van der Waals surface area contributed by atoms with Crippen LogP contribution in [0.4, 0.5) is 11.4 Å². The number of hydrogen-bond acceptors (Lipinski definition) is 7. The second-order valence-electron chi connectivity index (χ2n) is 6.78. The number of anilines is 1. The molecule has 3 aromatic rings. The van der Waals surface area contributed by atoms with Crippen molar-refractivity contribution in [2.24, 2.45) is 5.10 Å². The first-order valence-corrected chi connectivity index (χ1v) is 11.5. The van der Waals surface area contributed by atoms with Crippen LogP contribution in [0.15, 0.2) is 82.8 Å². The van der Waals surface area contributed by atoms with E-state index in [1.54, 1.807) is 30.3 Å². The average molecular weight is 503 g/mol. The van der Waals surface area contributed by atoms with Crippen LogP contribution in [-0.2, 0) is 14.8 Å². The zero-order valence-electron chi connectivity index (χ0n) is 17.8. The van der Waals surface area contributed by atoms with E-state index in [0.717, 1.165) is 10.5 Å². The number of methoxy groups -OCH3 is 1.